The summed E-state index contributed by atoms with van der Waals surface area (Å²) in [6, 6.07) is 0. The summed E-state index contributed by atoms with van der Waals surface area (Å²) in [5.74, 6) is -0.326. The summed E-state index contributed by atoms with van der Waals surface area (Å²) < 4.78 is 5.07. The molecule has 0 bridgehead atoms. The summed E-state index contributed by atoms with van der Waals surface area (Å²) in [6.07, 6.45) is 4.75. The number of ether oxygens (including phenoxy) is 1. The summed E-state index contributed by atoms with van der Waals surface area (Å²) >= 11 is 3.08. The quantitative estimate of drug-likeness (QED) is 0.761. The molecule has 2 aromatic rings. The molecule has 0 saturated heterocycles. The zero-order chi connectivity index (χ0) is 13.7. The third-order valence-corrected chi connectivity index (χ3v) is 4.57. The Kier molecular flexibility index (Phi) is 5.04. The zero-order valence-electron chi connectivity index (χ0n) is 11.0. The number of esters is 1. The Morgan fingerprint density at radius 3 is 2.84 bits per heavy atom. The Bertz CT molecular complexity index is 535. The molecular formula is C13H16N2O2S2. The van der Waals surface area contributed by atoms with Gasteiger partial charge in [0.1, 0.15) is 0 Å². The molecule has 0 atom stereocenters. The van der Waals surface area contributed by atoms with E-state index in [0.29, 0.717) is 12.3 Å². The average Bonchev–Trinajstić information content (AvgIpc) is 3.05. The highest BCUT2D eigenvalue weighted by molar-refractivity contribution is 7.20. The molecule has 0 radical (unpaired) electrons. The van der Waals surface area contributed by atoms with Crippen molar-refractivity contribution in [2.45, 2.75) is 33.1 Å². The normalized spacial score (nSPS) is 10.6. The molecule has 0 spiro atoms. The van der Waals surface area contributed by atoms with E-state index in [0.717, 1.165) is 34.2 Å². The van der Waals surface area contributed by atoms with E-state index < -0.39 is 0 Å². The lowest BCUT2D eigenvalue weighted by molar-refractivity contribution is 0.0519. The molecule has 0 aliphatic carbocycles. The van der Waals surface area contributed by atoms with E-state index >= 15 is 0 Å². The Morgan fingerprint density at radius 1 is 1.37 bits per heavy atom. The first-order valence-electron chi connectivity index (χ1n) is 6.33. The zero-order valence-corrected chi connectivity index (χ0v) is 12.6. The fraction of sp³-hybridized carbons (Fsp3) is 0.462. The van der Waals surface area contributed by atoms with Crippen LogP contribution in [0.15, 0.2) is 11.6 Å². The van der Waals surface area contributed by atoms with Gasteiger partial charge >= 0.3 is 5.97 Å². The smallest absolute Gasteiger partial charge is 0.358 e. The summed E-state index contributed by atoms with van der Waals surface area (Å²) in [5.41, 5.74) is 0.463. The first-order chi connectivity index (χ1) is 9.26. The second-order valence-corrected chi connectivity index (χ2v) is 5.93. The van der Waals surface area contributed by atoms with Gasteiger partial charge in [0.25, 0.3) is 0 Å². The van der Waals surface area contributed by atoms with Crippen LogP contribution in [0, 0.1) is 0 Å². The lowest BCUT2D eigenvalue weighted by atomic mass is 10.2. The van der Waals surface area contributed by atoms with E-state index in [2.05, 4.69) is 16.9 Å². The molecule has 2 aromatic heterocycles. The average molecular weight is 296 g/mol. The third-order valence-electron chi connectivity index (χ3n) is 2.54. The molecule has 6 heteroatoms. The van der Waals surface area contributed by atoms with E-state index in [1.165, 1.54) is 11.3 Å². The standard InChI is InChI=1S/C13H16N2O2S2/c1-3-5-6-9-10(13(16)17-4-2)15-12(19-9)11-14-7-8-18-11/h7-8H,3-6H2,1-2H3. The van der Waals surface area contributed by atoms with Crippen LogP contribution in [0.25, 0.3) is 10.0 Å². The fourth-order valence-electron chi connectivity index (χ4n) is 1.64. The van der Waals surface area contributed by atoms with Crippen LogP contribution >= 0.6 is 22.7 Å². The number of nitrogens with zero attached hydrogens (tertiary/aromatic N) is 2. The van der Waals surface area contributed by atoms with Crippen molar-refractivity contribution in [2.24, 2.45) is 0 Å². The van der Waals surface area contributed by atoms with E-state index in [9.17, 15) is 4.79 Å². The number of aryl methyl sites for hydroxylation is 1. The van der Waals surface area contributed by atoms with Gasteiger partial charge in [-0.15, -0.1) is 22.7 Å². The van der Waals surface area contributed by atoms with Gasteiger partial charge in [-0.2, -0.15) is 0 Å². The lowest BCUT2D eigenvalue weighted by Crippen LogP contribution is -2.07. The van der Waals surface area contributed by atoms with Crippen LogP contribution < -0.4 is 0 Å². The van der Waals surface area contributed by atoms with Crippen molar-refractivity contribution in [1.29, 1.82) is 0 Å². The molecule has 2 rings (SSSR count). The molecular weight excluding hydrogens is 280 g/mol. The summed E-state index contributed by atoms with van der Waals surface area (Å²) in [7, 11) is 0. The Morgan fingerprint density at radius 2 is 2.21 bits per heavy atom. The SMILES string of the molecule is CCCCc1sc(-c2nccs2)nc1C(=O)OCC. The van der Waals surface area contributed by atoms with E-state index in [-0.39, 0.29) is 5.97 Å². The summed E-state index contributed by atoms with van der Waals surface area (Å²) in [6.45, 7) is 4.31. The van der Waals surface area contributed by atoms with E-state index in [1.807, 2.05) is 5.38 Å². The lowest BCUT2D eigenvalue weighted by Gasteiger charge is -2.00. The van der Waals surface area contributed by atoms with Gasteiger partial charge in [0.15, 0.2) is 15.7 Å². The van der Waals surface area contributed by atoms with Crippen molar-refractivity contribution in [3.63, 3.8) is 0 Å². The minimum atomic E-state index is -0.326. The number of carbonyl (C=O) groups excluding carboxylic acids is 1. The maximum Gasteiger partial charge on any atom is 0.358 e. The monoisotopic (exact) mass is 296 g/mol. The Balaban J connectivity index is 2.30. The first kappa shape index (κ1) is 14.1. The van der Waals surface area contributed by atoms with Gasteiger partial charge in [-0.1, -0.05) is 13.3 Å². The molecule has 0 aliphatic rings. The fourth-order valence-corrected chi connectivity index (χ4v) is 3.41. The number of hydrogen-bond donors (Lipinski definition) is 0. The second-order valence-electron chi connectivity index (χ2n) is 3.95. The number of hydrogen-bond acceptors (Lipinski definition) is 6. The number of aromatic nitrogens is 2. The highest BCUT2D eigenvalue weighted by Gasteiger charge is 2.20. The molecule has 0 fully saturated rings. The molecule has 4 nitrogen and oxygen atoms in total. The molecule has 0 aromatic carbocycles. The topological polar surface area (TPSA) is 52.1 Å². The van der Waals surface area contributed by atoms with Crippen LogP contribution in [0.1, 0.15) is 42.1 Å². The van der Waals surface area contributed by atoms with Crippen LogP contribution in [0.5, 0.6) is 0 Å². The number of unbranched alkanes of at least 4 members (excludes halogenated alkanes) is 1. The molecule has 0 N–H and O–H groups in total. The summed E-state index contributed by atoms with van der Waals surface area (Å²) in [5, 5.41) is 3.58. The minimum Gasteiger partial charge on any atom is -0.461 e. The van der Waals surface area contributed by atoms with Crippen LogP contribution in [-0.4, -0.2) is 22.5 Å². The van der Waals surface area contributed by atoms with Crippen molar-refractivity contribution < 1.29 is 9.53 Å². The van der Waals surface area contributed by atoms with Crippen molar-refractivity contribution >= 4 is 28.6 Å². The van der Waals surface area contributed by atoms with Crippen molar-refractivity contribution in [3.05, 3.63) is 22.1 Å². The summed E-state index contributed by atoms with van der Waals surface area (Å²) in [4.78, 5) is 21.6. The van der Waals surface area contributed by atoms with Crippen molar-refractivity contribution in [1.82, 2.24) is 9.97 Å². The van der Waals surface area contributed by atoms with Gasteiger partial charge in [0, 0.05) is 16.5 Å². The maximum atomic E-state index is 11.9. The van der Waals surface area contributed by atoms with Gasteiger partial charge < -0.3 is 4.74 Å². The number of carbonyl (C=O) groups is 1. The third kappa shape index (κ3) is 3.39. The molecule has 0 saturated carbocycles. The van der Waals surface area contributed by atoms with Crippen LogP contribution in [-0.2, 0) is 11.2 Å². The molecule has 0 amide bonds. The minimum absolute atomic E-state index is 0.326. The largest absolute Gasteiger partial charge is 0.461 e. The second kappa shape index (κ2) is 6.77. The highest BCUT2D eigenvalue weighted by Crippen LogP contribution is 2.30. The Labute approximate surface area is 120 Å². The van der Waals surface area contributed by atoms with Crippen LogP contribution in [0.3, 0.4) is 0 Å². The van der Waals surface area contributed by atoms with Gasteiger partial charge in [-0.3, -0.25) is 0 Å². The van der Waals surface area contributed by atoms with Gasteiger partial charge in [-0.05, 0) is 19.8 Å². The predicted molar refractivity (Wildman–Crippen MR) is 77.8 cm³/mol. The highest BCUT2D eigenvalue weighted by atomic mass is 32.1. The number of thiazole rings is 2. The first-order valence-corrected chi connectivity index (χ1v) is 8.02. The van der Waals surface area contributed by atoms with Gasteiger partial charge in [-0.25, -0.2) is 14.8 Å². The molecule has 0 aliphatic heterocycles. The van der Waals surface area contributed by atoms with E-state index in [1.54, 1.807) is 24.5 Å². The molecule has 19 heavy (non-hydrogen) atoms. The van der Waals surface area contributed by atoms with Crippen molar-refractivity contribution in [3.8, 4) is 10.0 Å². The van der Waals surface area contributed by atoms with Crippen molar-refractivity contribution in [2.75, 3.05) is 6.61 Å². The predicted octanol–water partition coefficient (Wildman–Crippen LogP) is 3.79. The van der Waals surface area contributed by atoms with Gasteiger partial charge in [0.05, 0.1) is 6.61 Å². The van der Waals surface area contributed by atoms with Crippen LogP contribution in [0.4, 0.5) is 0 Å². The number of rotatable bonds is 6. The molecule has 2 heterocycles. The van der Waals surface area contributed by atoms with E-state index in [4.69, 9.17) is 4.74 Å². The molecule has 102 valence electrons. The van der Waals surface area contributed by atoms with Gasteiger partial charge in [0.2, 0.25) is 0 Å². The van der Waals surface area contributed by atoms with Crippen LogP contribution in [0.2, 0.25) is 0 Å². The Hall–Kier alpha value is -1.27. The maximum absolute atomic E-state index is 11.9. The molecule has 0 unspecified atom stereocenters.